The normalized spacial score (nSPS) is 10.4. The molecule has 0 radical (unpaired) electrons. The second-order valence-electron chi connectivity index (χ2n) is 2.49. The van der Waals surface area contributed by atoms with E-state index < -0.39 is 5.82 Å². The van der Waals surface area contributed by atoms with Gasteiger partial charge in [0, 0.05) is 6.20 Å². The Labute approximate surface area is 83.7 Å². The fourth-order valence-corrected chi connectivity index (χ4v) is 1.07. The van der Waals surface area contributed by atoms with E-state index in [1.165, 1.54) is 12.3 Å². The molecule has 0 saturated heterocycles. The van der Waals surface area contributed by atoms with Crippen molar-refractivity contribution in [3.8, 4) is 11.5 Å². The van der Waals surface area contributed by atoms with Crippen LogP contribution < -0.4 is 0 Å². The van der Waals surface area contributed by atoms with E-state index >= 15 is 0 Å². The van der Waals surface area contributed by atoms with E-state index in [1.807, 2.05) is 0 Å². The third kappa shape index (κ3) is 1.58. The zero-order valence-corrected chi connectivity index (χ0v) is 7.70. The van der Waals surface area contributed by atoms with Gasteiger partial charge in [-0.25, -0.2) is 4.39 Å². The Morgan fingerprint density at radius 3 is 2.93 bits per heavy atom. The van der Waals surface area contributed by atoms with Gasteiger partial charge in [0.05, 0.1) is 11.8 Å². The standard InChI is InChI=1S/C8H5ClFN3O/c9-3-7-12-13-8(14-7)5-1-2-11-4-6(5)10/h1-2,4H,3H2. The number of halogens is 2. The average molecular weight is 214 g/mol. The van der Waals surface area contributed by atoms with Crippen LogP contribution in [0.3, 0.4) is 0 Å². The predicted molar refractivity (Wildman–Crippen MR) is 47.0 cm³/mol. The average Bonchev–Trinajstić information content (AvgIpc) is 2.67. The highest BCUT2D eigenvalue weighted by Crippen LogP contribution is 2.20. The molecule has 2 aromatic rings. The molecule has 0 fully saturated rings. The lowest BCUT2D eigenvalue weighted by molar-refractivity contribution is 0.521. The minimum atomic E-state index is -0.503. The van der Waals surface area contributed by atoms with Gasteiger partial charge in [-0.05, 0) is 6.07 Å². The lowest BCUT2D eigenvalue weighted by Gasteiger charge is -1.94. The van der Waals surface area contributed by atoms with Crippen LogP contribution in [0, 0.1) is 5.82 Å². The summed E-state index contributed by atoms with van der Waals surface area (Å²) in [6.45, 7) is 0. The summed E-state index contributed by atoms with van der Waals surface area (Å²) in [5.74, 6) is -0.0182. The fraction of sp³-hybridized carbons (Fsp3) is 0.125. The maximum absolute atomic E-state index is 13.2. The van der Waals surface area contributed by atoms with E-state index in [1.54, 1.807) is 0 Å². The summed E-state index contributed by atoms with van der Waals surface area (Å²) in [4.78, 5) is 3.61. The summed E-state index contributed by atoms with van der Waals surface area (Å²) < 4.78 is 18.2. The molecule has 0 aliphatic rings. The van der Waals surface area contributed by atoms with Gasteiger partial charge in [-0.1, -0.05) is 0 Å². The summed E-state index contributed by atoms with van der Waals surface area (Å²) in [5, 5.41) is 7.27. The number of nitrogens with zero attached hydrogens (tertiary/aromatic N) is 3. The molecule has 0 bridgehead atoms. The van der Waals surface area contributed by atoms with Gasteiger partial charge in [0.2, 0.25) is 5.89 Å². The number of rotatable bonds is 2. The SMILES string of the molecule is Fc1cnccc1-c1nnc(CCl)o1. The largest absolute Gasteiger partial charge is 0.419 e. The smallest absolute Gasteiger partial charge is 0.250 e. The minimum Gasteiger partial charge on any atom is -0.419 e. The highest BCUT2D eigenvalue weighted by atomic mass is 35.5. The highest BCUT2D eigenvalue weighted by Gasteiger charge is 2.11. The zero-order chi connectivity index (χ0) is 9.97. The summed E-state index contributed by atoms with van der Waals surface area (Å²) >= 11 is 5.47. The number of aromatic nitrogens is 3. The van der Waals surface area contributed by atoms with Gasteiger partial charge < -0.3 is 4.42 Å². The Morgan fingerprint density at radius 2 is 2.29 bits per heavy atom. The van der Waals surface area contributed by atoms with Crippen molar-refractivity contribution in [1.82, 2.24) is 15.2 Å². The molecule has 2 aromatic heterocycles. The zero-order valence-electron chi connectivity index (χ0n) is 6.94. The van der Waals surface area contributed by atoms with Crippen molar-refractivity contribution in [3.63, 3.8) is 0 Å². The third-order valence-corrected chi connectivity index (χ3v) is 1.81. The molecule has 4 nitrogen and oxygen atoms in total. The Balaban J connectivity index is 2.44. The van der Waals surface area contributed by atoms with E-state index in [2.05, 4.69) is 15.2 Å². The summed E-state index contributed by atoms with van der Waals surface area (Å²) in [6.07, 6.45) is 2.53. The molecule has 72 valence electrons. The second kappa shape index (κ2) is 3.71. The summed E-state index contributed by atoms with van der Waals surface area (Å²) in [7, 11) is 0. The summed E-state index contributed by atoms with van der Waals surface area (Å²) in [5.41, 5.74) is 0.226. The van der Waals surface area contributed by atoms with Crippen LogP contribution in [0.4, 0.5) is 4.39 Å². The van der Waals surface area contributed by atoms with Crippen molar-refractivity contribution >= 4 is 11.6 Å². The third-order valence-electron chi connectivity index (χ3n) is 1.58. The minimum absolute atomic E-state index is 0.111. The van der Waals surface area contributed by atoms with Crippen LogP contribution in [0.2, 0.25) is 0 Å². The molecule has 6 heteroatoms. The Hall–Kier alpha value is -1.49. The van der Waals surface area contributed by atoms with Gasteiger partial charge >= 0.3 is 0 Å². The first-order valence-electron chi connectivity index (χ1n) is 3.79. The van der Waals surface area contributed by atoms with Gasteiger partial charge in [-0.3, -0.25) is 4.98 Å². The first kappa shape index (κ1) is 9.08. The van der Waals surface area contributed by atoms with Crippen molar-refractivity contribution in [2.75, 3.05) is 0 Å². The van der Waals surface area contributed by atoms with E-state index in [9.17, 15) is 4.39 Å². The molecule has 0 N–H and O–H groups in total. The van der Waals surface area contributed by atoms with E-state index in [4.69, 9.17) is 16.0 Å². The van der Waals surface area contributed by atoms with Gasteiger partial charge in [0.25, 0.3) is 5.89 Å². The van der Waals surface area contributed by atoms with Crippen molar-refractivity contribution < 1.29 is 8.81 Å². The predicted octanol–water partition coefficient (Wildman–Crippen LogP) is 2.01. The number of hydrogen-bond acceptors (Lipinski definition) is 4. The van der Waals surface area contributed by atoms with Crippen molar-refractivity contribution in [1.29, 1.82) is 0 Å². The van der Waals surface area contributed by atoms with Crippen LogP contribution in [-0.2, 0) is 5.88 Å². The number of alkyl halides is 1. The van der Waals surface area contributed by atoms with Gasteiger partial charge in [-0.2, -0.15) is 0 Å². The van der Waals surface area contributed by atoms with E-state index in [-0.39, 0.29) is 23.2 Å². The topological polar surface area (TPSA) is 51.8 Å². The van der Waals surface area contributed by atoms with Crippen molar-refractivity contribution in [3.05, 3.63) is 30.2 Å². The molecule has 0 saturated carbocycles. The lowest BCUT2D eigenvalue weighted by Crippen LogP contribution is -1.85. The molecule has 14 heavy (non-hydrogen) atoms. The quantitative estimate of drug-likeness (QED) is 0.716. The highest BCUT2D eigenvalue weighted by molar-refractivity contribution is 6.16. The molecule has 0 unspecified atom stereocenters. The Bertz CT molecular complexity index is 446. The van der Waals surface area contributed by atoms with Gasteiger partial charge in [0.15, 0.2) is 5.82 Å². The molecule has 0 aliphatic carbocycles. The summed E-state index contributed by atoms with van der Waals surface area (Å²) in [6, 6.07) is 1.46. The van der Waals surface area contributed by atoms with Crippen LogP contribution in [0.1, 0.15) is 5.89 Å². The van der Waals surface area contributed by atoms with E-state index in [0.717, 1.165) is 6.20 Å². The lowest BCUT2D eigenvalue weighted by atomic mass is 10.2. The molecular formula is C8H5ClFN3O. The molecule has 0 spiro atoms. The molecule has 0 amide bonds. The first-order chi connectivity index (χ1) is 6.81. The van der Waals surface area contributed by atoms with Gasteiger partial charge in [-0.15, -0.1) is 21.8 Å². The molecule has 0 aromatic carbocycles. The van der Waals surface area contributed by atoms with Crippen LogP contribution in [-0.4, -0.2) is 15.2 Å². The Morgan fingerprint density at radius 1 is 1.43 bits per heavy atom. The molecule has 0 atom stereocenters. The maximum atomic E-state index is 13.2. The molecular weight excluding hydrogens is 209 g/mol. The first-order valence-corrected chi connectivity index (χ1v) is 4.33. The fourth-order valence-electron chi connectivity index (χ4n) is 0.965. The number of hydrogen-bond donors (Lipinski definition) is 0. The monoisotopic (exact) mass is 213 g/mol. The van der Waals surface area contributed by atoms with Crippen LogP contribution in [0.25, 0.3) is 11.5 Å². The van der Waals surface area contributed by atoms with E-state index in [0.29, 0.717) is 0 Å². The molecule has 0 aliphatic heterocycles. The molecule has 2 heterocycles. The van der Waals surface area contributed by atoms with Crippen LogP contribution >= 0.6 is 11.6 Å². The number of pyridine rings is 1. The van der Waals surface area contributed by atoms with Crippen molar-refractivity contribution in [2.45, 2.75) is 5.88 Å². The maximum Gasteiger partial charge on any atom is 0.250 e. The Kier molecular flexibility index (Phi) is 2.41. The van der Waals surface area contributed by atoms with Crippen LogP contribution in [0.15, 0.2) is 22.9 Å². The molecule has 2 rings (SSSR count). The van der Waals surface area contributed by atoms with Crippen molar-refractivity contribution in [2.24, 2.45) is 0 Å². The second-order valence-corrected chi connectivity index (χ2v) is 2.76. The van der Waals surface area contributed by atoms with Gasteiger partial charge in [0.1, 0.15) is 5.88 Å². The van der Waals surface area contributed by atoms with Crippen LogP contribution in [0.5, 0.6) is 0 Å².